The van der Waals surface area contributed by atoms with Crippen LogP contribution in [0.4, 0.5) is 13.2 Å². The average Bonchev–Trinajstić information content (AvgIpc) is 2.73. The van der Waals surface area contributed by atoms with Crippen molar-refractivity contribution in [1.29, 1.82) is 0 Å². The molecular weight excluding hydrogens is 379 g/mol. The highest BCUT2D eigenvalue weighted by Gasteiger charge is 2.33. The Labute approximate surface area is 167 Å². The summed E-state index contributed by atoms with van der Waals surface area (Å²) in [7, 11) is 0. The minimum atomic E-state index is -4.42. The zero-order chi connectivity index (χ0) is 20.4. The van der Waals surface area contributed by atoms with E-state index in [-0.39, 0.29) is 6.04 Å². The number of benzene rings is 3. The van der Waals surface area contributed by atoms with E-state index in [1.54, 1.807) is 19.1 Å². The summed E-state index contributed by atoms with van der Waals surface area (Å²) in [6, 6.07) is 19.0. The van der Waals surface area contributed by atoms with Crippen LogP contribution in [0, 0.1) is 0 Å². The van der Waals surface area contributed by atoms with Crippen molar-refractivity contribution in [3.63, 3.8) is 0 Å². The number of morpholine rings is 1. The van der Waals surface area contributed by atoms with Gasteiger partial charge in [0.05, 0.1) is 24.3 Å². The van der Waals surface area contributed by atoms with Gasteiger partial charge in [0.1, 0.15) is 0 Å². The SMILES string of the molecule is C[C@@H](OC1OCCNC1c1ccccc1)c1cc(C(F)(F)F)cc2ccccc12. The molecule has 0 spiro atoms. The lowest BCUT2D eigenvalue weighted by Crippen LogP contribution is -2.43. The second-order valence-corrected chi connectivity index (χ2v) is 7.14. The van der Waals surface area contributed by atoms with Crippen LogP contribution in [0.15, 0.2) is 66.7 Å². The molecule has 3 aromatic carbocycles. The first kappa shape index (κ1) is 19.9. The van der Waals surface area contributed by atoms with Crippen molar-refractivity contribution in [2.24, 2.45) is 0 Å². The van der Waals surface area contributed by atoms with Gasteiger partial charge in [0.2, 0.25) is 0 Å². The highest BCUT2D eigenvalue weighted by molar-refractivity contribution is 5.87. The van der Waals surface area contributed by atoms with E-state index in [1.165, 1.54) is 12.1 Å². The van der Waals surface area contributed by atoms with E-state index < -0.39 is 24.1 Å². The fraction of sp³-hybridized carbons (Fsp3) is 0.304. The van der Waals surface area contributed by atoms with E-state index in [0.29, 0.717) is 24.1 Å². The van der Waals surface area contributed by atoms with Gasteiger partial charge in [0, 0.05) is 6.54 Å². The van der Waals surface area contributed by atoms with Crippen molar-refractivity contribution in [1.82, 2.24) is 5.32 Å². The maximum atomic E-state index is 13.4. The maximum Gasteiger partial charge on any atom is 0.416 e. The molecule has 1 heterocycles. The maximum absolute atomic E-state index is 13.4. The summed E-state index contributed by atoms with van der Waals surface area (Å²) < 4.78 is 52.3. The van der Waals surface area contributed by atoms with Crippen LogP contribution in [-0.4, -0.2) is 19.4 Å². The van der Waals surface area contributed by atoms with Gasteiger partial charge < -0.3 is 14.8 Å². The molecule has 2 unspecified atom stereocenters. The Morgan fingerprint density at radius 3 is 2.52 bits per heavy atom. The Kier molecular flexibility index (Phi) is 5.58. The van der Waals surface area contributed by atoms with Gasteiger partial charge in [-0.15, -0.1) is 0 Å². The molecule has 1 fully saturated rings. The molecule has 3 atom stereocenters. The molecule has 3 nitrogen and oxygen atoms in total. The minimum absolute atomic E-state index is 0.190. The van der Waals surface area contributed by atoms with E-state index in [4.69, 9.17) is 9.47 Å². The van der Waals surface area contributed by atoms with E-state index >= 15 is 0 Å². The van der Waals surface area contributed by atoms with Crippen molar-refractivity contribution >= 4 is 10.8 Å². The van der Waals surface area contributed by atoms with Crippen LogP contribution in [0.2, 0.25) is 0 Å². The molecule has 152 valence electrons. The predicted molar refractivity (Wildman–Crippen MR) is 105 cm³/mol. The van der Waals surface area contributed by atoms with Gasteiger partial charge in [-0.25, -0.2) is 0 Å². The van der Waals surface area contributed by atoms with Crippen LogP contribution in [0.5, 0.6) is 0 Å². The zero-order valence-corrected chi connectivity index (χ0v) is 15.9. The summed E-state index contributed by atoms with van der Waals surface area (Å²) in [5.74, 6) is 0. The highest BCUT2D eigenvalue weighted by Crippen LogP contribution is 2.37. The summed E-state index contributed by atoms with van der Waals surface area (Å²) in [6.07, 6.45) is -5.61. The number of alkyl halides is 3. The second kappa shape index (κ2) is 8.14. The predicted octanol–water partition coefficient (Wildman–Crippen LogP) is 5.62. The molecule has 29 heavy (non-hydrogen) atoms. The second-order valence-electron chi connectivity index (χ2n) is 7.14. The highest BCUT2D eigenvalue weighted by atomic mass is 19.4. The number of ether oxygens (including phenoxy) is 2. The molecular formula is C23H22F3NO2. The molecule has 4 rings (SSSR count). The lowest BCUT2D eigenvalue weighted by atomic mass is 9.97. The number of hydrogen-bond acceptors (Lipinski definition) is 3. The van der Waals surface area contributed by atoms with E-state index in [9.17, 15) is 13.2 Å². The first-order chi connectivity index (χ1) is 13.9. The molecule has 0 radical (unpaired) electrons. The number of fused-ring (bicyclic) bond motifs is 1. The summed E-state index contributed by atoms with van der Waals surface area (Å²) in [6.45, 7) is 2.92. The number of nitrogens with one attached hydrogen (secondary N) is 1. The topological polar surface area (TPSA) is 30.5 Å². The average molecular weight is 401 g/mol. The largest absolute Gasteiger partial charge is 0.416 e. The van der Waals surface area contributed by atoms with Crippen LogP contribution < -0.4 is 5.32 Å². The minimum Gasteiger partial charge on any atom is -0.349 e. The van der Waals surface area contributed by atoms with E-state index in [2.05, 4.69) is 5.32 Å². The Hall–Kier alpha value is -2.41. The van der Waals surface area contributed by atoms with E-state index in [0.717, 1.165) is 10.9 Å². The summed E-state index contributed by atoms with van der Waals surface area (Å²) in [5.41, 5.74) is 0.832. The third-order valence-corrected chi connectivity index (χ3v) is 5.18. The Morgan fingerprint density at radius 2 is 1.76 bits per heavy atom. The molecule has 1 N–H and O–H groups in total. The molecule has 0 bridgehead atoms. The molecule has 6 heteroatoms. The zero-order valence-electron chi connectivity index (χ0n) is 15.9. The molecule has 0 saturated carbocycles. The number of halogens is 3. The summed E-state index contributed by atoms with van der Waals surface area (Å²) in [5, 5.41) is 4.67. The monoisotopic (exact) mass is 401 g/mol. The van der Waals surface area contributed by atoms with Crippen molar-refractivity contribution in [3.8, 4) is 0 Å². The lowest BCUT2D eigenvalue weighted by molar-refractivity contribution is -0.199. The van der Waals surface area contributed by atoms with Crippen molar-refractivity contribution in [2.45, 2.75) is 31.5 Å². The Balaban J connectivity index is 1.67. The molecule has 0 aromatic heterocycles. The van der Waals surface area contributed by atoms with Crippen molar-refractivity contribution in [2.75, 3.05) is 13.2 Å². The van der Waals surface area contributed by atoms with Gasteiger partial charge >= 0.3 is 6.18 Å². The third kappa shape index (κ3) is 4.29. The first-order valence-corrected chi connectivity index (χ1v) is 9.59. The fourth-order valence-electron chi connectivity index (χ4n) is 3.75. The van der Waals surface area contributed by atoms with Gasteiger partial charge in [-0.05, 0) is 41.0 Å². The fourth-order valence-corrected chi connectivity index (χ4v) is 3.75. The Bertz CT molecular complexity index is 975. The first-order valence-electron chi connectivity index (χ1n) is 9.59. The quantitative estimate of drug-likeness (QED) is 0.615. The van der Waals surface area contributed by atoms with Crippen molar-refractivity contribution < 1.29 is 22.6 Å². The molecule has 3 aromatic rings. The molecule has 1 aliphatic rings. The number of rotatable bonds is 4. The molecule has 0 aliphatic carbocycles. The standard InChI is InChI=1S/C23H22F3NO2/c1-15(29-22-21(27-11-12-28-22)16-7-3-2-4-8-16)20-14-18(23(24,25)26)13-17-9-5-6-10-19(17)20/h2-10,13-15,21-22,27H,11-12H2,1H3/t15-,21?,22?/m1/s1. The van der Waals surface area contributed by atoms with Gasteiger partial charge in [-0.1, -0.05) is 54.6 Å². The van der Waals surface area contributed by atoms with Gasteiger partial charge in [0.25, 0.3) is 0 Å². The van der Waals surface area contributed by atoms with Crippen LogP contribution in [0.25, 0.3) is 10.8 Å². The molecule has 1 aliphatic heterocycles. The lowest BCUT2D eigenvalue weighted by Gasteiger charge is -2.35. The summed E-state index contributed by atoms with van der Waals surface area (Å²) >= 11 is 0. The van der Waals surface area contributed by atoms with Gasteiger partial charge in [-0.2, -0.15) is 13.2 Å². The third-order valence-electron chi connectivity index (χ3n) is 5.18. The number of hydrogen-bond donors (Lipinski definition) is 1. The molecule has 0 amide bonds. The smallest absolute Gasteiger partial charge is 0.349 e. The molecule has 1 saturated heterocycles. The van der Waals surface area contributed by atoms with Crippen LogP contribution >= 0.6 is 0 Å². The van der Waals surface area contributed by atoms with Gasteiger partial charge in [0.15, 0.2) is 6.29 Å². The normalized spacial score (nSPS) is 21.2. The Morgan fingerprint density at radius 1 is 1.03 bits per heavy atom. The van der Waals surface area contributed by atoms with Gasteiger partial charge in [-0.3, -0.25) is 0 Å². The van der Waals surface area contributed by atoms with Crippen LogP contribution in [0.3, 0.4) is 0 Å². The van der Waals surface area contributed by atoms with Crippen LogP contribution in [0.1, 0.15) is 35.8 Å². The summed E-state index contributed by atoms with van der Waals surface area (Å²) in [4.78, 5) is 0. The van der Waals surface area contributed by atoms with Crippen LogP contribution in [-0.2, 0) is 15.7 Å². The van der Waals surface area contributed by atoms with Crippen molar-refractivity contribution in [3.05, 3.63) is 83.4 Å². The van der Waals surface area contributed by atoms with E-state index in [1.807, 2.05) is 42.5 Å².